The summed E-state index contributed by atoms with van der Waals surface area (Å²) in [5.41, 5.74) is 18.5. The molecule has 4 aromatic heterocycles. The zero-order valence-electron chi connectivity index (χ0n) is 39.7. The van der Waals surface area contributed by atoms with Gasteiger partial charge in [0.05, 0.1) is 33.4 Å². The van der Waals surface area contributed by atoms with Crippen LogP contribution in [0.5, 0.6) is 11.5 Å². The molecule has 0 fully saturated rings. The summed E-state index contributed by atoms with van der Waals surface area (Å²) >= 11 is 0. The zero-order chi connectivity index (χ0) is 45.8. The first kappa shape index (κ1) is 43.7. The molecule has 12 aromatic rings. The monoisotopic (exact) mass is 974 g/mol. The predicted molar refractivity (Wildman–Crippen MR) is 280 cm³/mol. The average Bonchev–Trinajstić information content (AvgIpc) is 3.93. The minimum atomic E-state index is 0. The molecule has 0 amide bonds. The number of hydrogen-bond donors (Lipinski definition) is 0. The third kappa shape index (κ3) is 6.83. The Balaban J connectivity index is 0.00000507. The number of nitrogens with zero attached hydrogens (tertiary/aromatic N) is 4. The molecule has 0 aliphatic rings. The van der Waals surface area contributed by atoms with Gasteiger partial charge in [-0.05, 0) is 115 Å². The maximum absolute atomic E-state index is 6.80. The number of pyridine rings is 2. The normalized spacial score (nSPS) is 12.2. The molecule has 12 rings (SSSR count). The second-order valence-electron chi connectivity index (χ2n) is 19.5. The number of imidazole rings is 2. The number of aromatic nitrogens is 4. The van der Waals surface area contributed by atoms with Gasteiger partial charge in [-0.1, -0.05) is 186 Å². The Bertz CT molecular complexity index is 3930. The molecule has 0 aliphatic heterocycles. The minimum absolute atomic E-state index is 0. The van der Waals surface area contributed by atoms with Crippen LogP contribution in [0, 0.1) is 12.1 Å². The molecular weight excluding hydrogens is 923 g/mol. The van der Waals surface area contributed by atoms with Crippen molar-refractivity contribution >= 4 is 76.7 Å². The second-order valence-corrected chi connectivity index (χ2v) is 19.5. The molecule has 336 valence electrons. The van der Waals surface area contributed by atoms with Gasteiger partial charge in [0.2, 0.25) is 0 Å². The largest absolute Gasteiger partial charge is 2.00 e. The van der Waals surface area contributed by atoms with E-state index in [1.54, 1.807) is 0 Å². The van der Waals surface area contributed by atoms with Crippen molar-refractivity contribution in [3.63, 3.8) is 0 Å². The number of rotatable bonds is 8. The Hall–Kier alpha value is -6.84. The molecule has 68 heavy (non-hydrogen) atoms. The van der Waals surface area contributed by atoms with E-state index in [1.807, 2.05) is 12.1 Å². The molecule has 5 nitrogen and oxygen atoms in total. The van der Waals surface area contributed by atoms with Crippen LogP contribution in [0.25, 0.3) is 99.0 Å². The predicted octanol–water partition coefficient (Wildman–Crippen LogP) is 17.1. The molecule has 0 spiro atoms. The van der Waals surface area contributed by atoms with Gasteiger partial charge in [-0.15, -0.1) is 12.1 Å². The van der Waals surface area contributed by atoms with E-state index in [0.29, 0.717) is 35.2 Å². The fourth-order valence-electron chi connectivity index (χ4n) is 10.8. The van der Waals surface area contributed by atoms with Crippen molar-refractivity contribution in [2.75, 3.05) is 0 Å². The van der Waals surface area contributed by atoms with Gasteiger partial charge in [-0.3, -0.25) is 9.97 Å². The van der Waals surface area contributed by atoms with Crippen molar-refractivity contribution in [1.29, 1.82) is 0 Å². The third-order valence-electron chi connectivity index (χ3n) is 14.0. The minimum Gasteiger partial charge on any atom is -0.497 e. The number of fused-ring (bicyclic) bond motifs is 16. The van der Waals surface area contributed by atoms with Crippen molar-refractivity contribution in [3.8, 4) is 33.8 Å². The van der Waals surface area contributed by atoms with Crippen LogP contribution in [0.3, 0.4) is 0 Å². The standard InChI is InChI=1S/C62H52N4O.Pd/c1-35(2)43-15-13-16-44(36(3)4)59(43)39-24-30-55-50(31-39)48-29-26-42(34-52(48)61-63-53-19-9-11-21-56(53)65(55)61)67-41-25-28-47-49-27-23-40(60-45(37(5)6)17-14-18-46(60)38(7)8)32-58(49)66-57-22-12-10-20-54(57)64-62(66)51(47)33-41;/h9-32,35-38H,1-8H3;/q-2;+2. The average molecular weight is 976 g/mol. The maximum atomic E-state index is 6.80. The van der Waals surface area contributed by atoms with Gasteiger partial charge in [-0.2, -0.15) is 0 Å². The number of para-hydroxylation sites is 4. The Morgan fingerprint density at radius 2 is 0.824 bits per heavy atom. The Labute approximate surface area is 411 Å². The van der Waals surface area contributed by atoms with Gasteiger partial charge >= 0.3 is 20.4 Å². The van der Waals surface area contributed by atoms with Gasteiger partial charge in [0.1, 0.15) is 0 Å². The molecule has 4 heterocycles. The number of benzene rings is 8. The number of ether oxygens (including phenoxy) is 1. The third-order valence-corrected chi connectivity index (χ3v) is 14.0. The quantitative estimate of drug-likeness (QED) is 0.0866. The summed E-state index contributed by atoms with van der Waals surface area (Å²) in [7, 11) is 0. The van der Waals surface area contributed by atoms with Crippen LogP contribution in [0.1, 0.15) is 101 Å². The van der Waals surface area contributed by atoms with Gasteiger partial charge in [-0.25, -0.2) is 0 Å². The van der Waals surface area contributed by atoms with Crippen molar-refractivity contribution in [2.45, 2.75) is 79.1 Å². The SMILES string of the molecule is CC(C)c1cccc(C(C)C)c1-c1ccc2c(c1)c1ccc(Oc3[c-]c4c(cc3)c3ccc(-c5c(C(C)C)cccc5C(C)C)cc3n3c5ccccc5nc43)[c-]c1c1nc3ccccc3n21.[Pd+2]. The van der Waals surface area contributed by atoms with E-state index in [1.165, 1.54) is 44.5 Å². The van der Waals surface area contributed by atoms with E-state index in [2.05, 4.69) is 210 Å². The molecule has 0 saturated heterocycles. The van der Waals surface area contributed by atoms with E-state index in [0.717, 1.165) is 76.7 Å². The first-order chi connectivity index (χ1) is 32.5. The van der Waals surface area contributed by atoms with Gasteiger partial charge in [0.15, 0.2) is 0 Å². The summed E-state index contributed by atoms with van der Waals surface area (Å²) in [5.74, 6) is 2.73. The van der Waals surface area contributed by atoms with Crippen LogP contribution < -0.4 is 4.74 Å². The van der Waals surface area contributed by atoms with E-state index < -0.39 is 0 Å². The topological polar surface area (TPSA) is 43.8 Å². The fourth-order valence-corrected chi connectivity index (χ4v) is 10.8. The molecule has 0 radical (unpaired) electrons. The summed E-state index contributed by atoms with van der Waals surface area (Å²) in [6, 6.07) is 60.1. The van der Waals surface area contributed by atoms with E-state index >= 15 is 0 Å². The molecule has 0 unspecified atom stereocenters. The summed E-state index contributed by atoms with van der Waals surface area (Å²) < 4.78 is 11.4. The molecule has 0 atom stereocenters. The van der Waals surface area contributed by atoms with Crippen molar-refractivity contribution < 1.29 is 25.2 Å². The van der Waals surface area contributed by atoms with Crippen LogP contribution in [0.15, 0.2) is 146 Å². The molecule has 0 saturated carbocycles. The van der Waals surface area contributed by atoms with Crippen LogP contribution in [-0.4, -0.2) is 18.8 Å². The van der Waals surface area contributed by atoms with E-state index in [4.69, 9.17) is 14.7 Å². The Kier molecular flexibility index (Phi) is 10.8. The Morgan fingerprint density at radius 3 is 1.32 bits per heavy atom. The molecule has 6 heteroatoms. The first-order valence-electron chi connectivity index (χ1n) is 23.9. The van der Waals surface area contributed by atoms with Crippen LogP contribution in [0.4, 0.5) is 0 Å². The van der Waals surface area contributed by atoms with Crippen LogP contribution in [-0.2, 0) is 20.4 Å². The first-order valence-corrected chi connectivity index (χ1v) is 23.9. The molecule has 0 aliphatic carbocycles. The summed E-state index contributed by atoms with van der Waals surface area (Å²) in [6.45, 7) is 18.3. The van der Waals surface area contributed by atoms with Crippen molar-refractivity contribution in [1.82, 2.24) is 18.8 Å². The van der Waals surface area contributed by atoms with Crippen molar-refractivity contribution in [2.24, 2.45) is 0 Å². The van der Waals surface area contributed by atoms with E-state index in [-0.39, 0.29) is 20.4 Å². The van der Waals surface area contributed by atoms with Gasteiger partial charge in [0, 0.05) is 22.5 Å². The van der Waals surface area contributed by atoms with Gasteiger partial charge < -0.3 is 13.5 Å². The summed E-state index contributed by atoms with van der Waals surface area (Å²) in [4.78, 5) is 10.5. The maximum Gasteiger partial charge on any atom is 2.00 e. The molecule has 0 bridgehead atoms. The fraction of sp³-hybridized carbons (Fsp3) is 0.194. The summed E-state index contributed by atoms with van der Waals surface area (Å²) in [6.07, 6.45) is 0. The molecule has 0 N–H and O–H groups in total. The smallest absolute Gasteiger partial charge is 0.497 e. The molecule has 8 aromatic carbocycles. The van der Waals surface area contributed by atoms with Crippen LogP contribution >= 0.6 is 0 Å². The summed E-state index contributed by atoms with van der Waals surface area (Å²) in [5, 5.41) is 6.25. The number of hydrogen-bond acceptors (Lipinski definition) is 3. The van der Waals surface area contributed by atoms with Gasteiger partial charge in [0.25, 0.3) is 0 Å². The Morgan fingerprint density at radius 1 is 0.397 bits per heavy atom. The van der Waals surface area contributed by atoms with Crippen molar-refractivity contribution in [3.05, 3.63) is 180 Å². The molecular formula is C62H52N4OPd. The van der Waals surface area contributed by atoms with E-state index in [9.17, 15) is 0 Å². The van der Waals surface area contributed by atoms with Crippen LogP contribution in [0.2, 0.25) is 0 Å². The zero-order valence-corrected chi connectivity index (χ0v) is 41.2. The second kappa shape index (κ2) is 16.7.